The van der Waals surface area contributed by atoms with Gasteiger partial charge in [-0.15, -0.1) is 12.4 Å². The second kappa shape index (κ2) is 7.72. The molecule has 8 heteroatoms. The Morgan fingerprint density at radius 2 is 2.00 bits per heavy atom. The number of halogens is 2. The highest BCUT2D eigenvalue weighted by atomic mass is 35.5. The van der Waals surface area contributed by atoms with Gasteiger partial charge in [0.25, 0.3) is 0 Å². The molecule has 1 aromatic carbocycles. The molecule has 6 nitrogen and oxygen atoms in total. The number of carboxylic acid groups (broad SMARTS) is 1. The number of aromatic nitrogens is 3. The Bertz CT molecular complexity index is 860. The lowest BCUT2D eigenvalue weighted by Crippen LogP contribution is -2.00. The predicted octanol–water partition coefficient (Wildman–Crippen LogP) is 4.06. The van der Waals surface area contributed by atoms with Crippen molar-refractivity contribution < 1.29 is 9.90 Å². The molecule has 0 aliphatic carbocycles. The van der Waals surface area contributed by atoms with E-state index in [1.165, 1.54) is 12.1 Å². The zero-order chi connectivity index (χ0) is 16.2. The van der Waals surface area contributed by atoms with E-state index in [2.05, 4.69) is 20.3 Å². The lowest BCUT2D eigenvalue weighted by Gasteiger charge is -2.08. The van der Waals surface area contributed by atoms with Crippen LogP contribution < -0.4 is 5.32 Å². The lowest BCUT2D eigenvalue weighted by molar-refractivity contribution is 0.0697. The molecule has 0 bridgehead atoms. The summed E-state index contributed by atoms with van der Waals surface area (Å²) >= 11 is 5.96. The third kappa shape index (κ3) is 3.98. The number of rotatable bonds is 4. The van der Waals surface area contributed by atoms with Gasteiger partial charge in [-0.25, -0.2) is 14.8 Å². The maximum absolute atomic E-state index is 11.0. The summed E-state index contributed by atoms with van der Waals surface area (Å²) in [6.45, 7) is 0. The maximum atomic E-state index is 11.0. The van der Waals surface area contributed by atoms with Crippen molar-refractivity contribution in [3.05, 3.63) is 65.6 Å². The zero-order valence-corrected chi connectivity index (χ0v) is 13.8. The summed E-state index contributed by atoms with van der Waals surface area (Å²) in [7, 11) is 0. The predicted molar refractivity (Wildman–Crippen MR) is 94.2 cm³/mol. The first kappa shape index (κ1) is 17.7. The van der Waals surface area contributed by atoms with Crippen LogP contribution >= 0.6 is 24.0 Å². The molecule has 0 atom stereocenters. The number of benzene rings is 1. The molecule has 0 saturated heterocycles. The highest BCUT2D eigenvalue weighted by Crippen LogP contribution is 2.24. The molecule has 0 amide bonds. The number of hydrogen-bond donors (Lipinski definition) is 2. The van der Waals surface area contributed by atoms with Crippen molar-refractivity contribution in [1.82, 2.24) is 15.0 Å². The molecule has 2 aromatic heterocycles. The first-order chi connectivity index (χ1) is 11.1. The standard InChI is InChI=1S/C16H11ClN4O2.ClH/c17-13-8-11(3-4-12(13)16(22)23)20-14-5-7-19-15(21-14)10-2-1-6-18-9-10;/h1-9H,(H,22,23)(H,19,20,21);1H. The molecule has 2 N–H and O–H groups in total. The van der Waals surface area contributed by atoms with Gasteiger partial charge in [-0.3, -0.25) is 4.98 Å². The summed E-state index contributed by atoms with van der Waals surface area (Å²) in [5, 5.41) is 12.2. The number of carboxylic acids is 1. The summed E-state index contributed by atoms with van der Waals surface area (Å²) < 4.78 is 0. The Kier molecular flexibility index (Phi) is 5.68. The van der Waals surface area contributed by atoms with Crippen LogP contribution in [0.15, 0.2) is 55.0 Å². The van der Waals surface area contributed by atoms with Crippen LogP contribution in [0.2, 0.25) is 5.02 Å². The smallest absolute Gasteiger partial charge is 0.337 e. The number of nitrogens with one attached hydrogen (secondary N) is 1. The Morgan fingerprint density at radius 1 is 1.17 bits per heavy atom. The zero-order valence-electron chi connectivity index (χ0n) is 12.2. The summed E-state index contributed by atoms with van der Waals surface area (Å²) in [6, 6.07) is 9.99. The molecule has 2 heterocycles. The third-order valence-electron chi connectivity index (χ3n) is 3.05. The van der Waals surface area contributed by atoms with Crippen molar-refractivity contribution in [2.75, 3.05) is 5.32 Å². The molecule has 0 spiro atoms. The second-order valence-corrected chi connectivity index (χ2v) is 5.04. The highest BCUT2D eigenvalue weighted by molar-refractivity contribution is 6.33. The first-order valence-corrected chi connectivity index (χ1v) is 7.04. The fourth-order valence-electron chi connectivity index (χ4n) is 1.98. The molecule has 0 aliphatic heterocycles. The Labute approximate surface area is 149 Å². The Morgan fingerprint density at radius 3 is 2.67 bits per heavy atom. The number of aromatic carboxylic acids is 1. The van der Waals surface area contributed by atoms with E-state index in [-0.39, 0.29) is 23.0 Å². The topological polar surface area (TPSA) is 88.0 Å². The molecule has 0 saturated carbocycles. The van der Waals surface area contributed by atoms with Gasteiger partial charge in [0.2, 0.25) is 0 Å². The Hall–Kier alpha value is -2.70. The summed E-state index contributed by atoms with van der Waals surface area (Å²) in [5.41, 5.74) is 1.49. The van der Waals surface area contributed by atoms with Gasteiger partial charge in [0.15, 0.2) is 5.82 Å². The van der Waals surface area contributed by atoms with E-state index in [0.29, 0.717) is 17.3 Å². The number of nitrogens with zero attached hydrogens (tertiary/aromatic N) is 3. The van der Waals surface area contributed by atoms with E-state index in [0.717, 1.165) is 5.56 Å². The largest absolute Gasteiger partial charge is 0.478 e. The van der Waals surface area contributed by atoms with Gasteiger partial charge in [-0.2, -0.15) is 0 Å². The third-order valence-corrected chi connectivity index (χ3v) is 3.36. The van der Waals surface area contributed by atoms with Crippen LogP contribution in [0.5, 0.6) is 0 Å². The lowest BCUT2D eigenvalue weighted by atomic mass is 10.2. The number of pyridine rings is 1. The van der Waals surface area contributed by atoms with E-state index < -0.39 is 5.97 Å². The molecule has 0 radical (unpaired) electrons. The molecular weight excluding hydrogens is 351 g/mol. The van der Waals surface area contributed by atoms with Crippen molar-refractivity contribution in [2.24, 2.45) is 0 Å². The number of anilines is 2. The van der Waals surface area contributed by atoms with Crippen LogP contribution in [0, 0.1) is 0 Å². The highest BCUT2D eigenvalue weighted by Gasteiger charge is 2.09. The summed E-state index contributed by atoms with van der Waals surface area (Å²) in [4.78, 5) is 23.6. The van der Waals surface area contributed by atoms with E-state index in [1.807, 2.05) is 12.1 Å². The SMILES string of the molecule is Cl.O=C(O)c1ccc(Nc2ccnc(-c3cccnc3)n2)cc1Cl. The van der Waals surface area contributed by atoms with Crippen LogP contribution in [0.3, 0.4) is 0 Å². The number of hydrogen-bond acceptors (Lipinski definition) is 5. The maximum Gasteiger partial charge on any atom is 0.337 e. The average Bonchev–Trinajstić information content (AvgIpc) is 2.56. The molecule has 0 fully saturated rings. The minimum absolute atomic E-state index is 0. The molecule has 3 rings (SSSR count). The van der Waals surface area contributed by atoms with Crippen molar-refractivity contribution in [1.29, 1.82) is 0 Å². The first-order valence-electron chi connectivity index (χ1n) is 6.67. The Balaban J connectivity index is 0.00000208. The van der Waals surface area contributed by atoms with Gasteiger partial charge in [-0.05, 0) is 36.4 Å². The van der Waals surface area contributed by atoms with Gasteiger partial charge in [0.05, 0.1) is 10.6 Å². The normalized spacial score (nSPS) is 9.88. The molecule has 3 aromatic rings. The molecule has 122 valence electrons. The quantitative estimate of drug-likeness (QED) is 0.727. The van der Waals surface area contributed by atoms with E-state index in [4.69, 9.17) is 16.7 Å². The van der Waals surface area contributed by atoms with E-state index >= 15 is 0 Å². The van der Waals surface area contributed by atoms with Crippen LogP contribution in [0.25, 0.3) is 11.4 Å². The molecule has 24 heavy (non-hydrogen) atoms. The van der Waals surface area contributed by atoms with Gasteiger partial charge < -0.3 is 10.4 Å². The summed E-state index contributed by atoms with van der Waals surface area (Å²) in [6.07, 6.45) is 4.99. The average molecular weight is 363 g/mol. The van der Waals surface area contributed by atoms with Crippen LogP contribution in [-0.4, -0.2) is 26.0 Å². The van der Waals surface area contributed by atoms with Crippen molar-refractivity contribution in [2.45, 2.75) is 0 Å². The molecular formula is C16H12Cl2N4O2. The fourth-order valence-corrected chi connectivity index (χ4v) is 2.24. The minimum Gasteiger partial charge on any atom is -0.478 e. The molecule has 0 unspecified atom stereocenters. The number of carbonyl (C=O) groups is 1. The van der Waals surface area contributed by atoms with Crippen molar-refractivity contribution in [3.8, 4) is 11.4 Å². The van der Waals surface area contributed by atoms with Gasteiger partial charge in [0, 0.05) is 29.8 Å². The second-order valence-electron chi connectivity index (χ2n) is 4.63. The molecule has 0 aliphatic rings. The van der Waals surface area contributed by atoms with Crippen LogP contribution in [0.4, 0.5) is 11.5 Å². The van der Waals surface area contributed by atoms with Crippen LogP contribution in [-0.2, 0) is 0 Å². The fraction of sp³-hybridized carbons (Fsp3) is 0. The van der Waals surface area contributed by atoms with E-state index in [9.17, 15) is 4.79 Å². The van der Waals surface area contributed by atoms with Gasteiger partial charge in [0.1, 0.15) is 5.82 Å². The van der Waals surface area contributed by atoms with Gasteiger partial charge in [-0.1, -0.05) is 11.6 Å². The minimum atomic E-state index is -1.07. The van der Waals surface area contributed by atoms with Gasteiger partial charge >= 0.3 is 5.97 Å². The van der Waals surface area contributed by atoms with E-state index in [1.54, 1.807) is 30.7 Å². The van der Waals surface area contributed by atoms with Crippen LogP contribution in [0.1, 0.15) is 10.4 Å². The van der Waals surface area contributed by atoms with Crippen molar-refractivity contribution >= 4 is 41.5 Å². The summed E-state index contributed by atoms with van der Waals surface area (Å²) in [5.74, 6) is 0.0387. The van der Waals surface area contributed by atoms with Crippen molar-refractivity contribution in [3.63, 3.8) is 0 Å². The monoisotopic (exact) mass is 362 g/mol.